The van der Waals surface area contributed by atoms with E-state index in [9.17, 15) is 102 Å². The van der Waals surface area contributed by atoms with Gasteiger partial charge >= 0.3 is 55.3 Å². The molecule has 44 heteroatoms. The van der Waals surface area contributed by atoms with Crippen LogP contribution in [0.2, 0.25) is 0 Å². The number of rotatable bonds is 22. The molecule has 0 spiro atoms. The molecule has 108 heavy (non-hydrogen) atoms. The zero-order valence-corrected chi connectivity index (χ0v) is 70.5. The summed E-state index contributed by atoms with van der Waals surface area (Å²) < 4.78 is 39.8. The number of benzene rings is 1. The second-order valence-electron chi connectivity index (χ2n) is 28.0. The van der Waals surface area contributed by atoms with E-state index in [4.69, 9.17) is 14.9 Å². The van der Waals surface area contributed by atoms with Gasteiger partial charge < -0.3 is 95.9 Å². The number of nitrogens with two attached hydrogens (primary N) is 1. The number of phosphoric ester groups is 1. The number of β-lactam (4-membered cyclic amide) rings is 4. The maximum Gasteiger partial charge on any atom is 1.00 e. The minimum Gasteiger partial charge on any atom is -0.545 e. The fourth-order valence-corrected chi connectivity index (χ4v) is 21.3. The number of aliphatic hydroxyl groups is 4. The van der Waals surface area contributed by atoms with Crippen molar-refractivity contribution < 1.29 is 221 Å². The van der Waals surface area contributed by atoms with Crippen molar-refractivity contribution in [2.75, 3.05) is 45.6 Å². The molecule has 0 aromatic heterocycles. The Kier molecular flexibility index (Phi) is 34.5. The van der Waals surface area contributed by atoms with E-state index in [1.54, 1.807) is 52.8 Å². The number of hydrogen-bond donors (Lipinski definition) is 15. The first-order valence-corrected chi connectivity index (χ1v) is 39.4. The summed E-state index contributed by atoms with van der Waals surface area (Å²) in [7, 11) is -4.98. The van der Waals surface area contributed by atoms with Crippen molar-refractivity contribution in [3.63, 3.8) is 0 Å². The van der Waals surface area contributed by atoms with E-state index in [0.29, 0.717) is 65.0 Å². The van der Waals surface area contributed by atoms with Gasteiger partial charge in [0.1, 0.15) is 22.9 Å². The standard InChI is InChI=1S/C22H25N3O7S.C17H25N3O5S.C15H24N4O6S2.C10H16NO6P.2Ar.HI.Na/c1-9-16-15(10(2)26)20(28)25(16)17(22(31)32)18(9)33-13-7-14(23-8-13)19(27)24-12-5-3-4-11(6-12)21(29)30;1-7-12-11(8(2)21)16(23)20(12)13(17(24)25)14(7)26-9-5-10(18-6-9)15(22)19(3)4;1-6-11-10(7(2)20)14(21)19(11)12(15(22)23)13(6)26-9-3-8(17-5-9)4-18-27(16,24)25;1-4-8-7(6(3)12)10(13)11(8)5(2)9(4)17-18(14,15)16;;;;/h3-6,9-10,13-16,23,26H,7-8H2,1-2H3,(H,24,27)(H,29,30)(H,31,32);7-12,18,21H,5-6H2,1-4H3,(H,24,25);6-11,17-18,20H,3-5H2,1-2H3,(H,22,23)(H2,16,24,25);4,6-8,12H,1-3H3,(H2,14,15,16);;;1H;/q;;;;;;;+1/p-1/t9-,10-,13+,14+,15-,16-;7-,8-,9+,10+,11-,12-;6-,7-,8+,9+,10-,11-;4-,6-,7-,8-;;;;/m1111..../s1. The normalized spacial score (nSPS) is 31.5. The SMILES string of the molecule is CC1=C(OP(=O)(O)O)[C@H](C)[C@@H]2[C@@H]([C@@H](C)O)C(=O)N12.C[C@@H](O)[C@H]1C(=O)N2C(C(=O)O)=C(S[C@@H]3CN[C@H](C(=O)N(C)C)C3)[C@H](C)[C@H]12.C[C@@H](O)[C@H]1C(=O)N2C(C(=O)O)=C(S[C@@H]3CN[C@H](C(=O)Nc4cccc(C(=O)[O-])c4)C3)[C@H](C)[C@H]12.C[C@@H](O)[C@H]1C(=O)N2C(C(=O)O)=C(S[C@@H]3CN[C@H](CNS(N)(=O)=O)C3)[C@H](C)[C@H]12.I.[Ar].[Ar].[Na+]. The molecule has 11 aliphatic rings. The molecular weight excluding hydrogens is 1700 g/mol. The van der Waals surface area contributed by atoms with Gasteiger partial charge in [-0.25, -0.2) is 28.8 Å². The van der Waals surface area contributed by atoms with E-state index in [0.717, 1.165) is 0 Å². The molecule has 11 aliphatic heterocycles. The summed E-state index contributed by atoms with van der Waals surface area (Å²) in [4.78, 5) is 147. The number of halogens is 1. The third-order valence-corrected chi connectivity index (χ3v) is 26.2. The number of likely N-dealkylation sites (N-methyl/N-ethyl adjacent to an activating group) is 1. The van der Waals surface area contributed by atoms with Gasteiger partial charge in [-0.15, -0.1) is 59.3 Å². The molecule has 7 fully saturated rings. The van der Waals surface area contributed by atoms with Crippen LogP contribution in [-0.2, 0) is 62.4 Å². The Bertz CT molecular complexity index is 3990. The zero-order chi connectivity index (χ0) is 77.3. The quantitative estimate of drug-likeness (QED) is 0.0225. The Morgan fingerprint density at radius 1 is 0.639 bits per heavy atom. The molecule has 6 amide bonds. The molecule has 1 aromatic rings. The number of phosphoric acid groups is 1. The number of carbonyl (C=O) groups is 10. The summed E-state index contributed by atoms with van der Waals surface area (Å²) in [6.45, 7) is 16.9. The molecule has 0 saturated carbocycles. The third-order valence-electron chi connectivity index (χ3n) is 20.7. The zero-order valence-electron chi connectivity index (χ0n) is 60.6. The monoisotopic (exact) mass is 1790 g/mol. The fraction of sp³-hybridized carbons (Fsp3) is 0.625. The second kappa shape index (κ2) is 38.7. The number of hydrogen-bond acceptors (Lipinski definition) is 25. The van der Waals surface area contributed by atoms with Crippen LogP contribution in [0.4, 0.5) is 5.69 Å². The Labute approximate surface area is 735 Å². The first-order valence-electron chi connectivity index (χ1n) is 33.6. The molecule has 0 bridgehead atoms. The van der Waals surface area contributed by atoms with Crippen LogP contribution in [0.5, 0.6) is 0 Å². The number of thioether (sulfide) groups is 3. The average Bonchev–Trinajstić information content (AvgIpc) is 1.59. The van der Waals surface area contributed by atoms with Crippen molar-refractivity contribution in [2.45, 2.75) is 164 Å². The molecule has 0 radical (unpaired) electrons. The van der Waals surface area contributed by atoms with Gasteiger partial charge in [0.05, 0.1) is 96.0 Å². The molecule has 12 rings (SSSR count). The predicted molar refractivity (Wildman–Crippen MR) is 388 cm³/mol. The number of carboxylic acid groups (broad SMARTS) is 4. The minimum absolute atomic E-state index is 0. The van der Waals surface area contributed by atoms with Crippen LogP contribution in [-0.4, -0.2) is 261 Å². The Balaban J connectivity index is 0.000000260. The number of nitrogens with one attached hydrogen (secondary N) is 5. The Morgan fingerprint density at radius 3 is 1.36 bits per heavy atom. The van der Waals surface area contributed by atoms with Crippen LogP contribution < -0.4 is 65.8 Å². The summed E-state index contributed by atoms with van der Waals surface area (Å²) in [6, 6.07) is 3.58. The molecular formula is C64H90Ar2IN11NaO24PS4. The van der Waals surface area contributed by atoms with Crippen molar-refractivity contribution in [1.82, 2.24) is 45.2 Å². The van der Waals surface area contributed by atoms with Gasteiger partial charge in [0.2, 0.25) is 35.4 Å². The smallest absolute Gasteiger partial charge is 0.545 e. The molecule has 16 N–H and O–H groups in total. The van der Waals surface area contributed by atoms with Gasteiger partial charge in [-0.05, 0) is 71.6 Å². The van der Waals surface area contributed by atoms with Crippen molar-refractivity contribution in [3.8, 4) is 0 Å². The van der Waals surface area contributed by atoms with Crippen molar-refractivity contribution in [1.29, 1.82) is 0 Å². The summed E-state index contributed by atoms with van der Waals surface area (Å²) in [5.41, 5.74) is 0.719. The average molecular weight is 1790 g/mol. The van der Waals surface area contributed by atoms with Crippen LogP contribution >= 0.6 is 67.1 Å². The molecule has 11 heterocycles. The number of carboxylic acids is 4. The largest absolute Gasteiger partial charge is 1.00 e. The number of aliphatic hydroxyl groups excluding tert-OH is 4. The van der Waals surface area contributed by atoms with Crippen molar-refractivity contribution in [3.05, 3.63) is 73.1 Å². The molecule has 35 nitrogen and oxygen atoms in total. The molecule has 7 saturated heterocycles. The van der Waals surface area contributed by atoms with Gasteiger partial charge in [-0.1, -0.05) is 39.8 Å². The fourth-order valence-electron chi connectivity index (χ4n) is 15.9. The van der Waals surface area contributed by atoms with E-state index in [1.165, 1.54) is 86.9 Å². The third kappa shape index (κ3) is 20.0. The van der Waals surface area contributed by atoms with Gasteiger partial charge in [-0.2, -0.15) is 8.42 Å². The summed E-state index contributed by atoms with van der Waals surface area (Å²) in [6.07, 6.45) is -1.61. The molecule has 0 aliphatic carbocycles. The van der Waals surface area contributed by atoms with Crippen molar-refractivity contribution >= 4 is 142 Å². The van der Waals surface area contributed by atoms with Gasteiger partial charge in [0, 0.05) is 182 Å². The van der Waals surface area contributed by atoms with E-state index >= 15 is 0 Å². The van der Waals surface area contributed by atoms with Gasteiger partial charge in [0.25, 0.3) is 10.2 Å². The maximum atomic E-state index is 12.7. The van der Waals surface area contributed by atoms with E-state index in [1.807, 2.05) is 20.8 Å². The number of aromatic carboxylic acids is 1. The van der Waals surface area contributed by atoms with Crippen LogP contribution in [0.3, 0.4) is 0 Å². The van der Waals surface area contributed by atoms with Crippen LogP contribution in [0.1, 0.15) is 91.9 Å². The van der Waals surface area contributed by atoms with Crippen LogP contribution in [0, 0.1) is 123 Å². The minimum atomic E-state index is -4.64. The molecule has 1 aromatic carbocycles. The number of carbonyl (C=O) groups excluding carboxylic acids is 7. The van der Waals surface area contributed by atoms with Gasteiger partial charge in [-0.3, -0.25) is 38.6 Å². The number of nitrogens with zero attached hydrogens (tertiary/aromatic N) is 5. The van der Waals surface area contributed by atoms with E-state index in [-0.39, 0.29) is 275 Å². The Morgan fingerprint density at radius 2 is 1.00 bits per heavy atom. The van der Waals surface area contributed by atoms with E-state index in [2.05, 4.69) is 30.5 Å². The second-order valence-corrected chi connectivity index (χ2v) is 34.6. The molecule has 0 unspecified atom stereocenters. The van der Waals surface area contributed by atoms with Gasteiger partial charge in [0.15, 0.2) is 0 Å². The first kappa shape index (κ1) is 96.3. The number of fused-ring (bicyclic) bond motifs is 4. The number of allylic oxidation sites excluding steroid dienone is 1. The van der Waals surface area contributed by atoms with Crippen molar-refractivity contribution in [2.24, 2.45) is 52.5 Å². The molecule has 22 atom stereocenters. The number of aliphatic carboxylic acids is 3. The topological polar surface area (TPSA) is 539 Å². The molecule has 598 valence electrons. The van der Waals surface area contributed by atoms with Crippen LogP contribution in [0.15, 0.2) is 67.5 Å². The first-order chi connectivity index (χ1) is 48.4. The Hall–Kier alpha value is -2.28. The maximum absolute atomic E-state index is 12.7. The number of anilines is 1. The summed E-state index contributed by atoms with van der Waals surface area (Å²) in [5, 5.41) is 96.4. The van der Waals surface area contributed by atoms with E-state index < -0.39 is 96.0 Å². The van der Waals surface area contributed by atoms with Crippen LogP contribution in [0.25, 0.3) is 0 Å². The predicted octanol–water partition coefficient (Wildman–Crippen LogP) is -4.50. The summed E-state index contributed by atoms with van der Waals surface area (Å²) in [5.74, 6) is -9.46. The number of amides is 6. The summed E-state index contributed by atoms with van der Waals surface area (Å²) >= 11 is 4.21.